The molecule has 1 N–H and O–H groups in total. The Morgan fingerprint density at radius 3 is 2.70 bits per heavy atom. The lowest BCUT2D eigenvalue weighted by Gasteiger charge is -2.11. The molecule has 0 unspecified atom stereocenters. The van der Waals surface area contributed by atoms with Gasteiger partial charge in [0.05, 0.1) is 17.6 Å². The molecule has 0 aliphatic heterocycles. The molecule has 136 valence electrons. The second kappa shape index (κ2) is 7.76. The van der Waals surface area contributed by atoms with Crippen LogP contribution in [0.25, 0.3) is 11.0 Å². The van der Waals surface area contributed by atoms with Crippen molar-refractivity contribution in [1.29, 1.82) is 0 Å². The van der Waals surface area contributed by atoms with Crippen molar-refractivity contribution in [3.05, 3.63) is 87.9 Å². The van der Waals surface area contributed by atoms with Gasteiger partial charge in [0, 0.05) is 11.3 Å². The van der Waals surface area contributed by atoms with Crippen molar-refractivity contribution in [2.45, 2.75) is 26.4 Å². The maximum absolute atomic E-state index is 12.6. The van der Waals surface area contributed by atoms with Gasteiger partial charge in [-0.05, 0) is 41.6 Å². The predicted octanol–water partition coefficient (Wildman–Crippen LogP) is 4.31. The number of benzene rings is 2. The largest absolute Gasteiger partial charge is 0.350 e. The summed E-state index contributed by atoms with van der Waals surface area (Å²) >= 11 is 1.65. The molecular formula is C22H21N3OS. The van der Waals surface area contributed by atoms with Crippen molar-refractivity contribution in [3.8, 4) is 0 Å². The molecule has 0 saturated carbocycles. The molecule has 2 aromatic carbocycles. The summed E-state index contributed by atoms with van der Waals surface area (Å²) in [5.74, 6) is 0.911. The lowest BCUT2D eigenvalue weighted by molar-refractivity contribution is -0.121. The van der Waals surface area contributed by atoms with Gasteiger partial charge in [-0.25, -0.2) is 4.98 Å². The van der Waals surface area contributed by atoms with E-state index in [1.165, 1.54) is 11.1 Å². The number of para-hydroxylation sites is 2. The highest BCUT2D eigenvalue weighted by Crippen LogP contribution is 2.20. The number of imidazole rings is 1. The van der Waals surface area contributed by atoms with Crippen molar-refractivity contribution in [3.63, 3.8) is 0 Å². The van der Waals surface area contributed by atoms with Gasteiger partial charge in [0.15, 0.2) is 0 Å². The van der Waals surface area contributed by atoms with Gasteiger partial charge in [0.25, 0.3) is 0 Å². The van der Waals surface area contributed by atoms with E-state index in [0.29, 0.717) is 13.0 Å². The molecule has 0 spiro atoms. The molecule has 1 amide bonds. The summed E-state index contributed by atoms with van der Waals surface area (Å²) in [6.45, 7) is 2.94. The number of hydrogen-bond acceptors (Lipinski definition) is 3. The Kier molecular flexibility index (Phi) is 5.03. The highest BCUT2D eigenvalue weighted by atomic mass is 32.1. The average molecular weight is 375 g/mol. The van der Waals surface area contributed by atoms with Crippen molar-refractivity contribution < 1.29 is 4.79 Å². The molecule has 0 radical (unpaired) electrons. The summed E-state index contributed by atoms with van der Waals surface area (Å²) in [6, 6.07) is 20.3. The minimum absolute atomic E-state index is 0.00223. The Hall–Kier alpha value is -2.92. The fourth-order valence-electron chi connectivity index (χ4n) is 3.21. The van der Waals surface area contributed by atoms with E-state index in [1.54, 1.807) is 11.3 Å². The normalized spacial score (nSPS) is 11.0. The van der Waals surface area contributed by atoms with Gasteiger partial charge in [0.1, 0.15) is 12.4 Å². The van der Waals surface area contributed by atoms with Gasteiger partial charge in [-0.2, -0.15) is 0 Å². The van der Waals surface area contributed by atoms with E-state index < -0.39 is 0 Å². The Labute approximate surface area is 162 Å². The SMILES string of the molecule is Cc1ccccc1Cc1nc2ccccc2n1CC(=O)NCc1cccs1. The number of carbonyl (C=O) groups is 1. The van der Waals surface area contributed by atoms with Crippen LogP contribution in [-0.2, 0) is 24.3 Å². The van der Waals surface area contributed by atoms with Crippen LogP contribution in [0.2, 0.25) is 0 Å². The van der Waals surface area contributed by atoms with Crippen molar-refractivity contribution in [2.24, 2.45) is 0 Å². The van der Waals surface area contributed by atoms with E-state index in [4.69, 9.17) is 4.98 Å². The number of nitrogens with one attached hydrogen (secondary N) is 1. The summed E-state index contributed by atoms with van der Waals surface area (Å²) in [6.07, 6.45) is 0.708. The Balaban J connectivity index is 1.60. The molecule has 0 bridgehead atoms. The van der Waals surface area contributed by atoms with E-state index in [-0.39, 0.29) is 12.5 Å². The first-order valence-corrected chi connectivity index (χ1v) is 9.86. The van der Waals surface area contributed by atoms with Crippen LogP contribution >= 0.6 is 11.3 Å². The molecule has 0 aliphatic rings. The van der Waals surface area contributed by atoms with Crippen LogP contribution in [0.4, 0.5) is 0 Å². The predicted molar refractivity (Wildman–Crippen MR) is 110 cm³/mol. The van der Waals surface area contributed by atoms with E-state index in [0.717, 1.165) is 21.7 Å². The highest BCUT2D eigenvalue weighted by Gasteiger charge is 2.14. The molecule has 4 aromatic rings. The summed E-state index contributed by atoms with van der Waals surface area (Å²) in [5.41, 5.74) is 4.38. The third-order valence-corrected chi connectivity index (χ3v) is 5.56. The number of aromatic nitrogens is 2. The Morgan fingerprint density at radius 2 is 1.89 bits per heavy atom. The van der Waals surface area contributed by atoms with Crippen LogP contribution < -0.4 is 5.32 Å². The van der Waals surface area contributed by atoms with Gasteiger partial charge in [-0.3, -0.25) is 4.79 Å². The molecule has 2 heterocycles. The summed E-state index contributed by atoms with van der Waals surface area (Å²) in [7, 11) is 0. The third-order valence-electron chi connectivity index (χ3n) is 4.69. The smallest absolute Gasteiger partial charge is 0.240 e. The highest BCUT2D eigenvalue weighted by molar-refractivity contribution is 7.09. The van der Waals surface area contributed by atoms with Crippen LogP contribution in [-0.4, -0.2) is 15.5 Å². The topological polar surface area (TPSA) is 46.9 Å². The first-order valence-electron chi connectivity index (χ1n) is 8.98. The molecule has 4 nitrogen and oxygen atoms in total. The standard InChI is InChI=1S/C22H21N3OS/c1-16-7-2-3-8-17(16)13-21-24-19-10-4-5-11-20(19)25(21)15-22(26)23-14-18-9-6-12-27-18/h2-12H,13-15H2,1H3,(H,23,26). The van der Waals surface area contributed by atoms with Crippen molar-refractivity contribution in [2.75, 3.05) is 0 Å². The molecule has 4 rings (SSSR count). The number of aryl methyl sites for hydroxylation is 1. The van der Waals surface area contributed by atoms with Crippen LogP contribution in [0.1, 0.15) is 21.8 Å². The number of carbonyl (C=O) groups excluding carboxylic acids is 1. The molecule has 27 heavy (non-hydrogen) atoms. The fraction of sp³-hybridized carbons (Fsp3) is 0.182. The number of hydrogen-bond donors (Lipinski definition) is 1. The number of rotatable bonds is 6. The van der Waals surface area contributed by atoms with Gasteiger partial charge in [-0.15, -0.1) is 11.3 Å². The molecule has 5 heteroatoms. The minimum Gasteiger partial charge on any atom is -0.350 e. The zero-order valence-corrected chi connectivity index (χ0v) is 16.0. The van der Waals surface area contributed by atoms with Gasteiger partial charge in [0.2, 0.25) is 5.91 Å². The number of nitrogens with zero attached hydrogens (tertiary/aromatic N) is 2. The van der Waals surface area contributed by atoms with Crippen molar-refractivity contribution in [1.82, 2.24) is 14.9 Å². The molecular weight excluding hydrogens is 354 g/mol. The van der Waals surface area contributed by atoms with E-state index in [1.807, 2.05) is 58.5 Å². The molecule has 0 saturated heterocycles. The number of fused-ring (bicyclic) bond motifs is 1. The summed E-state index contributed by atoms with van der Waals surface area (Å²) < 4.78 is 2.03. The minimum atomic E-state index is -0.00223. The lowest BCUT2D eigenvalue weighted by Crippen LogP contribution is -2.27. The zero-order chi connectivity index (χ0) is 18.6. The van der Waals surface area contributed by atoms with E-state index in [2.05, 4.69) is 24.4 Å². The maximum Gasteiger partial charge on any atom is 0.240 e. The summed E-state index contributed by atoms with van der Waals surface area (Å²) in [4.78, 5) is 18.5. The van der Waals surface area contributed by atoms with Crippen molar-refractivity contribution >= 4 is 28.3 Å². The first kappa shape index (κ1) is 17.5. The van der Waals surface area contributed by atoms with Crippen LogP contribution in [0, 0.1) is 6.92 Å². The molecule has 0 fully saturated rings. The second-order valence-electron chi connectivity index (χ2n) is 6.56. The number of thiophene rings is 1. The maximum atomic E-state index is 12.6. The van der Waals surface area contributed by atoms with Crippen LogP contribution in [0.3, 0.4) is 0 Å². The molecule has 0 atom stereocenters. The molecule has 0 aliphatic carbocycles. The lowest BCUT2D eigenvalue weighted by atomic mass is 10.1. The van der Waals surface area contributed by atoms with E-state index in [9.17, 15) is 4.79 Å². The van der Waals surface area contributed by atoms with Gasteiger partial charge >= 0.3 is 0 Å². The second-order valence-corrected chi connectivity index (χ2v) is 7.59. The average Bonchev–Trinajstić information content (AvgIpc) is 3.31. The van der Waals surface area contributed by atoms with Crippen LogP contribution in [0.5, 0.6) is 0 Å². The Bertz CT molecular complexity index is 1070. The quantitative estimate of drug-likeness (QED) is 0.546. The van der Waals surface area contributed by atoms with Gasteiger partial charge in [-0.1, -0.05) is 42.5 Å². The Morgan fingerprint density at radius 1 is 1.07 bits per heavy atom. The third kappa shape index (κ3) is 3.93. The van der Waals surface area contributed by atoms with Gasteiger partial charge < -0.3 is 9.88 Å². The first-order chi connectivity index (χ1) is 13.2. The summed E-state index contributed by atoms with van der Waals surface area (Å²) in [5, 5.41) is 5.03. The fourth-order valence-corrected chi connectivity index (χ4v) is 3.86. The van der Waals surface area contributed by atoms with Crippen LogP contribution in [0.15, 0.2) is 66.0 Å². The zero-order valence-electron chi connectivity index (χ0n) is 15.2. The monoisotopic (exact) mass is 375 g/mol. The van der Waals surface area contributed by atoms with E-state index >= 15 is 0 Å². The molecule has 2 aromatic heterocycles. The number of amides is 1.